The molecule has 0 spiro atoms. The van der Waals surface area contributed by atoms with E-state index in [2.05, 4.69) is 10.4 Å². The first-order chi connectivity index (χ1) is 13.9. The molecule has 3 rings (SSSR count). The summed E-state index contributed by atoms with van der Waals surface area (Å²) in [6.07, 6.45) is 3.10. The Morgan fingerprint density at radius 2 is 1.90 bits per heavy atom. The van der Waals surface area contributed by atoms with Gasteiger partial charge in [-0.05, 0) is 55.8 Å². The molecule has 0 aliphatic heterocycles. The molecule has 0 aliphatic carbocycles. The van der Waals surface area contributed by atoms with Gasteiger partial charge in [0.1, 0.15) is 0 Å². The molecule has 1 amide bonds. The number of ether oxygens (including phenoxy) is 2. The van der Waals surface area contributed by atoms with E-state index in [0.717, 1.165) is 22.6 Å². The van der Waals surface area contributed by atoms with E-state index in [1.54, 1.807) is 18.2 Å². The number of carbonyl (C=O) groups is 1. The Labute approximate surface area is 174 Å². The summed E-state index contributed by atoms with van der Waals surface area (Å²) in [6, 6.07) is 13.0. The number of halogens is 1. The van der Waals surface area contributed by atoms with Crippen LogP contribution in [-0.4, -0.2) is 29.9 Å². The van der Waals surface area contributed by atoms with E-state index in [-0.39, 0.29) is 5.91 Å². The quantitative estimate of drug-likeness (QED) is 0.591. The summed E-state index contributed by atoms with van der Waals surface area (Å²) in [6.45, 7) is 3.90. The number of aryl methyl sites for hydroxylation is 2. The number of nitrogens with one attached hydrogen (secondary N) is 1. The number of aromatic nitrogens is 2. The van der Waals surface area contributed by atoms with Crippen molar-refractivity contribution in [3.05, 3.63) is 70.5 Å². The van der Waals surface area contributed by atoms with E-state index in [0.29, 0.717) is 22.2 Å². The van der Waals surface area contributed by atoms with Gasteiger partial charge >= 0.3 is 0 Å². The van der Waals surface area contributed by atoms with Gasteiger partial charge in [-0.25, -0.2) is 4.68 Å². The van der Waals surface area contributed by atoms with Gasteiger partial charge in [-0.2, -0.15) is 5.10 Å². The van der Waals surface area contributed by atoms with Gasteiger partial charge in [-0.1, -0.05) is 23.7 Å². The second-order valence-corrected chi connectivity index (χ2v) is 6.82. The summed E-state index contributed by atoms with van der Waals surface area (Å²) >= 11 is 6.21. The average Bonchev–Trinajstić information content (AvgIpc) is 3.04. The molecule has 2 aromatic carbocycles. The molecule has 0 unspecified atom stereocenters. The first kappa shape index (κ1) is 20.5. The molecule has 150 valence electrons. The van der Waals surface area contributed by atoms with Crippen molar-refractivity contribution in [1.29, 1.82) is 0 Å². The molecule has 0 bridgehead atoms. The van der Waals surface area contributed by atoms with Gasteiger partial charge in [0.15, 0.2) is 11.5 Å². The number of hydrogen-bond donors (Lipinski definition) is 1. The Balaban J connectivity index is 1.82. The second-order valence-electron chi connectivity index (χ2n) is 6.42. The summed E-state index contributed by atoms with van der Waals surface area (Å²) in [4.78, 5) is 12.5. The maximum Gasteiger partial charge on any atom is 0.248 e. The summed E-state index contributed by atoms with van der Waals surface area (Å²) in [5, 5.41) is 7.80. The summed E-state index contributed by atoms with van der Waals surface area (Å²) < 4.78 is 12.3. The predicted octanol–water partition coefficient (Wildman–Crippen LogP) is 4.81. The van der Waals surface area contributed by atoms with Gasteiger partial charge < -0.3 is 14.8 Å². The number of rotatable bonds is 6. The van der Waals surface area contributed by atoms with Crippen molar-refractivity contribution < 1.29 is 14.3 Å². The third kappa shape index (κ3) is 4.60. The minimum Gasteiger partial charge on any atom is -0.493 e. The molecule has 0 aliphatic rings. The Morgan fingerprint density at radius 1 is 1.14 bits per heavy atom. The van der Waals surface area contributed by atoms with E-state index < -0.39 is 0 Å². The van der Waals surface area contributed by atoms with Gasteiger partial charge in [0.2, 0.25) is 5.91 Å². The van der Waals surface area contributed by atoms with Crippen molar-refractivity contribution in [2.75, 3.05) is 19.5 Å². The summed E-state index contributed by atoms with van der Waals surface area (Å²) in [5.41, 5.74) is 4.08. The predicted molar refractivity (Wildman–Crippen MR) is 115 cm³/mol. The van der Waals surface area contributed by atoms with E-state index in [9.17, 15) is 4.79 Å². The number of methoxy groups -OCH3 is 2. The van der Waals surface area contributed by atoms with Gasteiger partial charge in [0.05, 0.1) is 36.3 Å². The lowest BCUT2D eigenvalue weighted by Gasteiger charge is -2.11. The lowest BCUT2D eigenvalue weighted by Crippen LogP contribution is -2.11. The highest BCUT2D eigenvalue weighted by Gasteiger charge is 2.11. The van der Waals surface area contributed by atoms with Crippen molar-refractivity contribution in [3.8, 4) is 17.2 Å². The lowest BCUT2D eigenvalue weighted by molar-refractivity contribution is -0.111. The summed E-state index contributed by atoms with van der Waals surface area (Å²) in [5.74, 6) is 0.675. The zero-order chi connectivity index (χ0) is 21.0. The minimum absolute atomic E-state index is 0.273. The van der Waals surface area contributed by atoms with Crippen LogP contribution in [0.2, 0.25) is 5.02 Å². The van der Waals surface area contributed by atoms with Crippen LogP contribution >= 0.6 is 11.6 Å². The molecule has 0 saturated carbocycles. The van der Waals surface area contributed by atoms with E-state index in [4.69, 9.17) is 21.1 Å². The van der Waals surface area contributed by atoms with Crippen LogP contribution in [-0.2, 0) is 4.79 Å². The van der Waals surface area contributed by atoms with Crippen molar-refractivity contribution in [1.82, 2.24) is 9.78 Å². The largest absolute Gasteiger partial charge is 0.493 e. The molecule has 0 radical (unpaired) electrons. The van der Waals surface area contributed by atoms with Gasteiger partial charge in [0, 0.05) is 11.8 Å². The Morgan fingerprint density at radius 3 is 2.55 bits per heavy atom. The molecule has 29 heavy (non-hydrogen) atoms. The number of nitrogens with zero attached hydrogens (tertiary/aromatic N) is 2. The number of benzene rings is 2. The van der Waals surface area contributed by atoms with Crippen LogP contribution in [0.3, 0.4) is 0 Å². The van der Waals surface area contributed by atoms with Crippen LogP contribution < -0.4 is 14.8 Å². The molecule has 1 aromatic heterocycles. The average molecular weight is 412 g/mol. The fraction of sp³-hybridized carbons (Fsp3) is 0.182. The molecule has 0 fully saturated rings. The van der Waals surface area contributed by atoms with E-state index in [1.165, 1.54) is 20.3 Å². The molecule has 1 heterocycles. The van der Waals surface area contributed by atoms with Crippen molar-refractivity contribution in [2.45, 2.75) is 13.8 Å². The monoisotopic (exact) mass is 411 g/mol. The first-order valence-corrected chi connectivity index (χ1v) is 9.34. The van der Waals surface area contributed by atoms with Crippen LogP contribution in [0.1, 0.15) is 17.0 Å². The Bertz CT molecular complexity index is 1070. The molecule has 1 N–H and O–H groups in total. The number of amides is 1. The van der Waals surface area contributed by atoms with Crippen LogP contribution in [0.5, 0.6) is 11.5 Å². The number of anilines is 1. The Hall–Kier alpha value is -3.25. The minimum atomic E-state index is -0.273. The third-order valence-corrected chi connectivity index (χ3v) is 4.56. The molecule has 3 aromatic rings. The number of hydrogen-bond acceptors (Lipinski definition) is 4. The first-order valence-electron chi connectivity index (χ1n) is 8.96. The molecule has 6 nitrogen and oxygen atoms in total. The van der Waals surface area contributed by atoms with Gasteiger partial charge in [-0.15, -0.1) is 0 Å². The number of para-hydroxylation sites is 2. The van der Waals surface area contributed by atoms with Crippen molar-refractivity contribution in [2.24, 2.45) is 0 Å². The maximum absolute atomic E-state index is 12.5. The van der Waals surface area contributed by atoms with E-state index in [1.807, 2.05) is 48.9 Å². The highest BCUT2D eigenvalue weighted by molar-refractivity contribution is 6.32. The highest BCUT2D eigenvalue weighted by Crippen LogP contribution is 2.36. The smallest absolute Gasteiger partial charge is 0.248 e. The summed E-state index contributed by atoms with van der Waals surface area (Å²) in [7, 11) is 3.05. The fourth-order valence-electron chi connectivity index (χ4n) is 3.02. The molecule has 0 atom stereocenters. The van der Waals surface area contributed by atoms with Gasteiger partial charge in [-0.3, -0.25) is 4.79 Å². The maximum atomic E-state index is 12.5. The van der Waals surface area contributed by atoms with Crippen LogP contribution in [0.4, 0.5) is 5.69 Å². The zero-order valence-electron chi connectivity index (χ0n) is 16.7. The van der Waals surface area contributed by atoms with Crippen LogP contribution in [0.15, 0.2) is 48.5 Å². The Kier molecular flexibility index (Phi) is 6.24. The third-order valence-electron chi connectivity index (χ3n) is 4.28. The fourth-order valence-corrected chi connectivity index (χ4v) is 3.31. The molecular weight excluding hydrogens is 390 g/mol. The van der Waals surface area contributed by atoms with Gasteiger partial charge in [0.25, 0.3) is 0 Å². The second kappa shape index (κ2) is 8.84. The molecule has 7 heteroatoms. The standard InChI is InChI=1S/C22H22ClN3O3/c1-14-11-15(2)26(25-14)19-8-6-5-7-18(19)24-21(27)10-9-16-12-17(23)22(29-4)20(13-16)28-3/h5-13H,1-4H3,(H,24,27)/b10-9+. The molecule has 0 saturated heterocycles. The number of carbonyl (C=O) groups excluding carboxylic acids is 1. The zero-order valence-corrected chi connectivity index (χ0v) is 17.4. The highest BCUT2D eigenvalue weighted by atomic mass is 35.5. The van der Waals surface area contributed by atoms with Crippen LogP contribution in [0.25, 0.3) is 11.8 Å². The van der Waals surface area contributed by atoms with E-state index >= 15 is 0 Å². The van der Waals surface area contributed by atoms with Crippen LogP contribution in [0, 0.1) is 13.8 Å². The molecular formula is C22H22ClN3O3. The topological polar surface area (TPSA) is 65.4 Å². The lowest BCUT2D eigenvalue weighted by atomic mass is 10.2. The van der Waals surface area contributed by atoms with Crippen molar-refractivity contribution in [3.63, 3.8) is 0 Å². The SMILES string of the molecule is COc1cc(/C=C/C(=O)Nc2ccccc2-n2nc(C)cc2C)cc(Cl)c1OC. The van der Waals surface area contributed by atoms with Crippen molar-refractivity contribution >= 4 is 29.3 Å². The normalized spacial score (nSPS) is 10.9.